The average Bonchev–Trinajstić information content (AvgIpc) is 3.67. The predicted molar refractivity (Wildman–Crippen MR) is 166 cm³/mol. The number of amides is 1. The second-order valence-corrected chi connectivity index (χ2v) is 9.48. The third-order valence-corrected chi connectivity index (χ3v) is 6.09. The first-order valence-corrected chi connectivity index (χ1v) is 14.7. The number of nitriles is 1. The summed E-state index contributed by atoms with van der Waals surface area (Å²) in [5.74, 6) is 7.58. The van der Waals surface area contributed by atoms with Crippen LogP contribution in [0.5, 0.6) is 0 Å². The Balaban J connectivity index is 0.000000279. The number of nitrogens with two attached hydrogens (primary N) is 1. The maximum atomic E-state index is 11.2. The molecule has 1 atom stereocenters. The Morgan fingerprint density at radius 2 is 2.00 bits per heavy atom. The molecule has 10 heteroatoms. The molecule has 1 aromatic carbocycles. The number of likely N-dealkylation sites (tertiary alicyclic amines) is 1. The normalized spacial score (nSPS) is 13.4. The lowest BCUT2D eigenvalue weighted by Gasteiger charge is -2.20. The van der Waals surface area contributed by atoms with E-state index in [0.717, 1.165) is 52.7 Å². The zero-order chi connectivity index (χ0) is 29.7. The van der Waals surface area contributed by atoms with Crippen molar-refractivity contribution in [1.82, 2.24) is 29.6 Å². The summed E-state index contributed by atoms with van der Waals surface area (Å²) in [4.78, 5) is 21.5. The van der Waals surface area contributed by atoms with Crippen molar-refractivity contribution < 1.29 is 4.79 Å². The first-order valence-electron chi connectivity index (χ1n) is 13.1. The van der Waals surface area contributed by atoms with Crippen LogP contribution in [-0.4, -0.2) is 60.6 Å². The number of fused-ring (bicyclic) bond motifs is 2. The van der Waals surface area contributed by atoms with Crippen LogP contribution in [0.3, 0.4) is 0 Å². The standard InChI is InChI=1S/C17H14N6.C9H12N2O.C2H6S.C2H6/c1-10-20-14-9-11(4-6-15(14)23(10)2)3-5-12-16-13(22-21-12)7-8-19-17(16)18;1-2-9(12)11-7-3-4-8(11)5-6-10;1-3-2;1-2/h4,6-9H,1-2H3,(H2,18,19)(H,21,22);2,8H,1,3-5,7H2;1-2H3;1-2H3. The molecular formula is C30H38N8OS. The molecule has 1 amide bonds. The predicted octanol–water partition coefficient (Wildman–Crippen LogP) is 5.22. The number of aryl methyl sites for hydroxylation is 2. The Morgan fingerprint density at radius 3 is 2.67 bits per heavy atom. The number of imidazole rings is 1. The zero-order valence-electron chi connectivity index (χ0n) is 24.2. The summed E-state index contributed by atoms with van der Waals surface area (Å²) in [7, 11) is 2.00. The Bertz CT molecular complexity index is 1540. The van der Waals surface area contributed by atoms with Crippen molar-refractivity contribution in [2.24, 2.45) is 7.05 Å². The highest BCUT2D eigenvalue weighted by molar-refractivity contribution is 7.97. The molecule has 3 aromatic heterocycles. The zero-order valence-corrected chi connectivity index (χ0v) is 25.0. The number of nitrogens with zero attached hydrogens (tertiary/aromatic N) is 6. The molecule has 40 heavy (non-hydrogen) atoms. The van der Waals surface area contributed by atoms with E-state index in [2.05, 4.69) is 49.2 Å². The lowest BCUT2D eigenvalue weighted by atomic mass is 10.1. The Hall–Kier alpha value is -4.28. The van der Waals surface area contributed by atoms with E-state index in [1.807, 2.05) is 58.5 Å². The smallest absolute Gasteiger partial charge is 0.246 e. The fourth-order valence-electron chi connectivity index (χ4n) is 4.17. The highest BCUT2D eigenvalue weighted by Gasteiger charge is 2.26. The molecule has 1 fully saturated rings. The number of thioether (sulfide) groups is 1. The van der Waals surface area contributed by atoms with E-state index < -0.39 is 0 Å². The van der Waals surface area contributed by atoms with Crippen LogP contribution in [0.4, 0.5) is 5.82 Å². The lowest BCUT2D eigenvalue weighted by molar-refractivity contribution is -0.126. The number of hydrogen-bond acceptors (Lipinski definition) is 7. The summed E-state index contributed by atoms with van der Waals surface area (Å²) in [5, 5.41) is 16.3. The lowest BCUT2D eigenvalue weighted by Crippen LogP contribution is -2.33. The van der Waals surface area contributed by atoms with Crippen molar-refractivity contribution in [3.63, 3.8) is 0 Å². The quantitative estimate of drug-likeness (QED) is 0.255. The molecule has 1 unspecified atom stereocenters. The van der Waals surface area contributed by atoms with Crippen molar-refractivity contribution >= 4 is 45.4 Å². The number of aromatic nitrogens is 5. The van der Waals surface area contributed by atoms with Gasteiger partial charge in [-0.15, -0.1) is 0 Å². The minimum absolute atomic E-state index is 0.0484. The largest absolute Gasteiger partial charge is 0.383 e. The van der Waals surface area contributed by atoms with Gasteiger partial charge in [0.15, 0.2) is 0 Å². The van der Waals surface area contributed by atoms with Crippen molar-refractivity contribution in [3.8, 4) is 17.9 Å². The van der Waals surface area contributed by atoms with Crippen LogP contribution < -0.4 is 5.73 Å². The van der Waals surface area contributed by atoms with Crippen LogP contribution >= 0.6 is 11.8 Å². The van der Waals surface area contributed by atoms with Crippen molar-refractivity contribution in [3.05, 3.63) is 60.2 Å². The summed E-state index contributed by atoms with van der Waals surface area (Å²) in [5.41, 5.74) is 10.3. The van der Waals surface area contributed by atoms with Gasteiger partial charge < -0.3 is 15.2 Å². The van der Waals surface area contributed by atoms with E-state index in [9.17, 15) is 4.79 Å². The number of nitrogen functional groups attached to an aromatic ring is 1. The summed E-state index contributed by atoms with van der Waals surface area (Å²) in [6, 6.07) is 10.0. The molecular weight excluding hydrogens is 520 g/mol. The molecule has 5 rings (SSSR count). The number of aromatic amines is 1. The van der Waals surface area contributed by atoms with Crippen LogP contribution in [0.15, 0.2) is 43.1 Å². The number of rotatable bonds is 2. The van der Waals surface area contributed by atoms with Crippen LogP contribution in [-0.2, 0) is 11.8 Å². The van der Waals surface area contributed by atoms with Gasteiger partial charge in [-0.2, -0.15) is 22.1 Å². The van der Waals surface area contributed by atoms with Gasteiger partial charge in [0, 0.05) is 31.4 Å². The van der Waals surface area contributed by atoms with Crippen LogP contribution in [0.25, 0.3) is 21.9 Å². The molecule has 1 aliphatic heterocycles. The minimum atomic E-state index is -0.0484. The van der Waals surface area contributed by atoms with Gasteiger partial charge in [-0.1, -0.05) is 26.3 Å². The summed E-state index contributed by atoms with van der Waals surface area (Å²) in [6.07, 6.45) is 9.43. The third kappa shape index (κ3) is 7.87. The highest BCUT2D eigenvalue weighted by atomic mass is 32.2. The first kappa shape index (κ1) is 31.9. The van der Waals surface area contributed by atoms with Gasteiger partial charge in [0.2, 0.25) is 5.91 Å². The van der Waals surface area contributed by atoms with Gasteiger partial charge in [-0.25, -0.2) is 9.97 Å². The molecule has 210 valence electrons. The van der Waals surface area contributed by atoms with E-state index in [1.54, 1.807) is 28.9 Å². The van der Waals surface area contributed by atoms with Gasteiger partial charge in [0.25, 0.3) is 0 Å². The van der Waals surface area contributed by atoms with Crippen molar-refractivity contribution in [2.75, 3.05) is 24.8 Å². The van der Waals surface area contributed by atoms with Gasteiger partial charge in [0.05, 0.1) is 34.4 Å². The van der Waals surface area contributed by atoms with Gasteiger partial charge in [0.1, 0.15) is 17.3 Å². The molecule has 0 spiro atoms. The van der Waals surface area contributed by atoms with Crippen LogP contribution in [0.2, 0.25) is 0 Å². The molecule has 0 saturated carbocycles. The molecule has 9 nitrogen and oxygen atoms in total. The number of carbonyl (C=O) groups is 1. The fraction of sp³-hybridized carbons (Fsp3) is 0.367. The number of anilines is 1. The Morgan fingerprint density at radius 1 is 1.27 bits per heavy atom. The Labute approximate surface area is 240 Å². The SMILES string of the molecule is C=CC(=O)N1CCCC1CC#N.CC.CSC.Cc1nc2cc(C#Cc3[nH]nc4ccnc(N)c34)ccc2n1C. The van der Waals surface area contributed by atoms with Gasteiger partial charge in [-0.3, -0.25) is 9.89 Å². The highest BCUT2D eigenvalue weighted by Crippen LogP contribution is 2.21. The topological polar surface area (TPSA) is 130 Å². The van der Waals surface area contributed by atoms with E-state index in [4.69, 9.17) is 11.0 Å². The summed E-state index contributed by atoms with van der Waals surface area (Å²) < 4.78 is 2.06. The molecule has 1 saturated heterocycles. The molecule has 0 radical (unpaired) electrons. The van der Waals surface area contributed by atoms with Crippen molar-refractivity contribution in [2.45, 2.75) is 46.1 Å². The first-order chi connectivity index (χ1) is 19.3. The molecule has 0 bridgehead atoms. The maximum absolute atomic E-state index is 11.2. The average molecular weight is 559 g/mol. The molecule has 1 aliphatic rings. The number of pyridine rings is 1. The molecule has 4 heterocycles. The van der Waals surface area contributed by atoms with E-state index >= 15 is 0 Å². The van der Waals surface area contributed by atoms with E-state index in [1.165, 1.54) is 6.08 Å². The summed E-state index contributed by atoms with van der Waals surface area (Å²) in [6.45, 7) is 10.2. The fourth-order valence-corrected chi connectivity index (χ4v) is 4.17. The van der Waals surface area contributed by atoms with Gasteiger partial charge >= 0.3 is 0 Å². The van der Waals surface area contributed by atoms with Crippen LogP contribution in [0, 0.1) is 30.1 Å². The maximum Gasteiger partial charge on any atom is 0.246 e. The van der Waals surface area contributed by atoms with E-state index in [-0.39, 0.29) is 11.9 Å². The Kier molecular flexibility index (Phi) is 12.7. The van der Waals surface area contributed by atoms with Gasteiger partial charge in [-0.05, 0) is 68.5 Å². The number of hydrogen-bond donors (Lipinski definition) is 2. The molecule has 4 aromatic rings. The minimum Gasteiger partial charge on any atom is -0.383 e. The monoisotopic (exact) mass is 558 g/mol. The number of benzene rings is 1. The number of H-pyrrole nitrogens is 1. The molecule has 0 aliphatic carbocycles. The van der Waals surface area contributed by atoms with Crippen molar-refractivity contribution in [1.29, 1.82) is 5.26 Å². The second kappa shape index (κ2) is 16.0. The molecule has 3 N–H and O–H groups in total. The van der Waals surface area contributed by atoms with E-state index in [0.29, 0.717) is 17.9 Å². The van der Waals surface area contributed by atoms with Crippen LogP contribution in [0.1, 0.15) is 50.2 Å². The third-order valence-electron chi connectivity index (χ3n) is 6.09. The number of carbonyl (C=O) groups excluding carboxylic acids is 1. The summed E-state index contributed by atoms with van der Waals surface area (Å²) >= 11 is 1.75. The second-order valence-electron chi connectivity index (χ2n) is 8.66. The number of nitrogens with one attached hydrogen (secondary N) is 1.